The van der Waals surface area contributed by atoms with Gasteiger partial charge in [0.25, 0.3) is 0 Å². The number of hydrogen-bond acceptors (Lipinski definition) is 3. The second-order valence-corrected chi connectivity index (χ2v) is 22.2. The maximum absolute atomic E-state index is 12.5. The summed E-state index contributed by atoms with van der Waals surface area (Å²) in [6.45, 7) is 4.34. The minimum Gasteiger partial charge on any atom is -0.394 e. The molecule has 0 aliphatic rings. The van der Waals surface area contributed by atoms with Gasteiger partial charge in [0.1, 0.15) is 0 Å². The molecule has 0 spiro atoms. The van der Waals surface area contributed by atoms with Crippen LogP contribution in [0.3, 0.4) is 0 Å². The Morgan fingerprint density at radius 3 is 0.841 bits per heavy atom. The lowest BCUT2D eigenvalue weighted by molar-refractivity contribution is -0.123. The molecule has 2 unspecified atom stereocenters. The smallest absolute Gasteiger partial charge is 0.220 e. The number of carbonyl (C=O) groups is 1. The lowest BCUT2D eigenvalue weighted by atomic mass is 10.0. The summed E-state index contributed by atoms with van der Waals surface area (Å²) < 4.78 is 0. The van der Waals surface area contributed by atoms with Gasteiger partial charge in [-0.3, -0.25) is 4.79 Å². The van der Waals surface area contributed by atoms with E-state index >= 15 is 0 Å². The summed E-state index contributed by atoms with van der Waals surface area (Å²) >= 11 is 0. The van der Waals surface area contributed by atoms with E-state index < -0.39 is 12.1 Å². The Kier molecular flexibility index (Phi) is 60.2. The first-order valence-corrected chi connectivity index (χ1v) is 32.1. The third-order valence-corrected chi connectivity index (χ3v) is 15.2. The van der Waals surface area contributed by atoms with Crippen molar-refractivity contribution in [3.8, 4) is 0 Å². The average molecular weight is 971 g/mol. The van der Waals surface area contributed by atoms with Gasteiger partial charge in [0.15, 0.2) is 0 Å². The third-order valence-electron chi connectivity index (χ3n) is 15.2. The molecule has 0 saturated heterocycles. The van der Waals surface area contributed by atoms with Gasteiger partial charge in [-0.25, -0.2) is 0 Å². The molecule has 0 rings (SSSR count). The van der Waals surface area contributed by atoms with Crippen LogP contribution in [0.5, 0.6) is 0 Å². The van der Waals surface area contributed by atoms with Gasteiger partial charge in [-0.2, -0.15) is 0 Å². The molecule has 69 heavy (non-hydrogen) atoms. The lowest BCUT2D eigenvalue weighted by Gasteiger charge is -2.19. The van der Waals surface area contributed by atoms with Crippen LogP contribution in [-0.2, 0) is 4.79 Å². The van der Waals surface area contributed by atoms with Crippen molar-refractivity contribution in [3.05, 3.63) is 24.3 Å². The summed E-state index contributed by atoms with van der Waals surface area (Å²) in [5.41, 5.74) is 0. The van der Waals surface area contributed by atoms with Crippen LogP contribution in [-0.4, -0.2) is 34.9 Å². The van der Waals surface area contributed by atoms with Crippen LogP contribution in [0.2, 0.25) is 0 Å². The summed E-state index contributed by atoms with van der Waals surface area (Å²) in [6.07, 6.45) is 82.5. The van der Waals surface area contributed by atoms with Gasteiger partial charge in [0, 0.05) is 6.42 Å². The van der Waals surface area contributed by atoms with Crippen molar-refractivity contribution in [3.63, 3.8) is 0 Å². The maximum Gasteiger partial charge on any atom is 0.220 e. The monoisotopic (exact) mass is 970 g/mol. The topological polar surface area (TPSA) is 69.6 Å². The Labute approximate surface area is 434 Å². The predicted octanol–water partition coefficient (Wildman–Crippen LogP) is 21.4. The molecule has 0 heterocycles. The van der Waals surface area contributed by atoms with E-state index in [1.165, 1.54) is 315 Å². The number of aliphatic hydroxyl groups excluding tert-OH is 2. The number of carbonyl (C=O) groups excluding carboxylic acids is 1. The van der Waals surface area contributed by atoms with E-state index in [1.54, 1.807) is 6.08 Å². The molecule has 0 aromatic carbocycles. The molecule has 3 N–H and O–H groups in total. The van der Waals surface area contributed by atoms with Crippen molar-refractivity contribution in [2.45, 2.75) is 379 Å². The summed E-state index contributed by atoms with van der Waals surface area (Å²) in [5.74, 6) is -0.0652. The fourth-order valence-corrected chi connectivity index (χ4v) is 10.3. The Bertz CT molecular complexity index is 1010. The van der Waals surface area contributed by atoms with Crippen molar-refractivity contribution in [1.29, 1.82) is 0 Å². The first kappa shape index (κ1) is 67.9. The molecule has 0 aliphatic carbocycles. The second kappa shape index (κ2) is 61.2. The highest BCUT2D eigenvalue weighted by molar-refractivity contribution is 5.76. The number of nitrogens with one attached hydrogen (secondary N) is 1. The molecule has 0 radical (unpaired) electrons. The zero-order chi connectivity index (χ0) is 49.9. The fourth-order valence-electron chi connectivity index (χ4n) is 10.3. The van der Waals surface area contributed by atoms with Crippen LogP contribution in [0.1, 0.15) is 367 Å². The van der Waals surface area contributed by atoms with Crippen LogP contribution in [0, 0.1) is 0 Å². The number of unbranched alkanes of at least 4 members (excludes halogenated alkanes) is 51. The molecule has 0 aromatic heterocycles. The van der Waals surface area contributed by atoms with Crippen LogP contribution in [0.4, 0.5) is 0 Å². The van der Waals surface area contributed by atoms with Gasteiger partial charge in [-0.15, -0.1) is 0 Å². The maximum atomic E-state index is 12.5. The van der Waals surface area contributed by atoms with E-state index in [0.717, 1.165) is 32.1 Å². The average Bonchev–Trinajstić information content (AvgIpc) is 3.35. The largest absolute Gasteiger partial charge is 0.394 e. The molecule has 0 aliphatic heterocycles. The quantitative estimate of drug-likeness (QED) is 0.0420. The standard InChI is InChI=1S/C65H127NO3/c1-3-5-7-9-11-13-15-17-19-21-23-25-27-28-29-30-31-32-33-34-35-36-37-38-39-41-43-45-47-49-51-53-55-57-59-61-65(69)66-63(62-67)64(68)60-58-56-54-52-50-48-46-44-42-40-26-24-22-20-18-16-14-12-10-8-6-4-2/h50,52,58,60,63-64,67-68H,3-49,51,53-57,59,61-62H2,1-2H3,(H,66,69)/b52-50+,60-58+. The highest BCUT2D eigenvalue weighted by Gasteiger charge is 2.18. The molecule has 4 heteroatoms. The van der Waals surface area contributed by atoms with E-state index in [4.69, 9.17) is 0 Å². The van der Waals surface area contributed by atoms with Crippen LogP contribution < -0.4 is 5.32 Å². The SMILES string of the molecule is CCCCCCCCCCCCCCCCCC/C=C/CC/C=C/C(O)C(CO)NC(=O)CCCCCCCCCCCCCCCCCCCCCCCCCCCCCCCCCCCCC. The molecule has 0 bridgehead atoms. The highest BCUT2D eigenvalue weighted by atomic mass is 16.3. The number of hydrogen-bond donors (Lipinski definition) is 3. The predicted molar refractivity (Wildman–Crippen MR) is 309 cm³/mol. The number of allylic oxidation sites excluding steroid dienone is 3. The van der Waals surface area contributed by atoms with Gasteiger partial charge in [0.2, 0.25) is 5.91 Å². The fraction of sp³-hybridized carbons (Fsp3) is 0.923. The molecule has 0 aromatic rings. The van der Waals surface area contributed by atoms with E-state index in [1.807, 2.05) is 6.08 Å². The highest BCUT2D eigenvalue weighted by Crippen LogP contribution is 2.19. The Hall–Kier alpha value is -1.13. The molecule has 1 amide bonds. The Morgan fingerprint density at radius 1 is 0.333 bits per heavy atom. The molecule has 410 valence electrons. The van der Waals surface area contributed by atoms with Gasteiger partial charge in [0.05, 0.1) is 18.8 Å². The molecular formula is C65H127NO3. The first-order valence-electron chi connectivity index (χ1n) is 32.1. The van der Waals surface area contributed by atoms with Crippen molar-refractivity contribution >= 4 is 5.91 Å². The first-order chi connectivity index (χ1) is 34.2. The van der Waals surface area contributed by atoms with E-state index in [2.05, 4.69) is 31.3 Å². The molecule has 0 fully saturated rings. The van der Waals surface area contributed by atoms with E-state index in [0.29, 0.717) is 6.42 Å². The summed E-state index contributed by atoms with van der Waals surface area (Å²) in [6, 6.07) is -0.637. The van der Waals surface area contributed by atoms with E-state index in [-0.39, 0.29) is 12.5 Å². The number of aliphatic hydroxyl groups is 2. The summed E-state index contributed by atoms with van der Waals surface area (Å²) in [5, 5.41) is 23.2. The molecule has 2 atom stereocenters. The number of rotatable bonds is 60. The van der Waals surface area contributed by atoms with Gasteiger partial charge < -0.3 is 15.5 Å². The van der Waals surface area contributed by atoms with Gasteiger partial charge >= 0.3 is 0 Å². The summed E-state index contributed by atoms with van der Waals surface area (Å²) in [4.78, 5) is 12.5. The normalized spacial score (nSPS) is 12.8. The molecular weight excluding hydrogens is 843 g/mol. The zero-order valence-electron chi connectivity index (χ0n) is 47.4. The minimum absolute atomic E-state index is 0.0652. The van der Waals surface area contributed by atoms with Gasteiger partial charge in [-0.1, -0.05) is 353 Å². The van der Waals surface area contributed by atoms with Crippen LogP contribution in [0.15, 0.2) is 24.3 Å². The third kappa shape index (κ3) is 57.6. The van der Waals surface area contributed by atoms with Crippen molar-refractivity contribution in [2.24, 2.45) is 0 Å². The molecule has 4 nitrogen and oxygen atoms in total. The van der Waals surface area contributed by atoms with Gasteiger partial charge in [-0.05, 0) is 32.1 Å². The molecule has 0 saturated carbocycles. The van der Waals surface area contributed by atoms with Crippen LogP contribution >= 0.6 is 0 Å². The van der Waals surface area contributed by atoms with Crippen LogP contribution in [0.25, 0.3) is 0 Å². The second-order valence-electron chi connectivity index (χ2n) is 22.2. The van der Waals surface area contributed by atoms with E-state index in [9.17, 15) is 15.0 Å². The zero-order valence-corrected chi connectivity index (χ0v) is 47.4. The summed E-state index contributed by atoms with van der Waals surface area (Å²) in [7, 11) is 0. The Morgan fingerprint density at radius 2 is 0.565 bits per heavy atom. The number of amides is 1. The van der Waals surface area contributed by atoms with Crippen molar-refractivity contribution in [1.82, 2.24) is 5.32 Å². The lowest BCUT2D eigenvalue weighted by Crippen LogP contribution is -2.45. The Balaban J connectivity index is 3.42. The van der Waals surface area contributed by atoms with Crippen molar-refractivity contribution < 1.29 is 15.0 Å². The van der Waals surface area contributed by atoms with Crippen molar-refractivity contribution in [2.75, 3.05) is 6.61 Å². The minimum atomic E-state index is -0.860.